The normalized spacial score (nSPS) is 23.6. The van der Waals surface area contributed by atoms with Crippen molar-refractivity contribution >= 4 is 12.1 Å². The van der Waals surface area contributed by atoms with Crippen LogP contribution in [0.4, 0.5) is 4.39 Å². The van der Waals surface area contributed by atoms with Crippen molar-refractivity contribution in [2.45, 2.75) is 39.3 Å². The summed E-state index contributed by atoms with van der Waals surface area (Å²) in [5.41, 5.74) is 1.66. The molecular weight excluding hydrogens is 319 g/mol. The molecule has 0 radical (unpaired) electrons. The summed E-state index contributed by atoms with van der Waals surface area (Å²) in [6.07, 6.45) is 5.79. The van der Waals surface area contributed by atoms with Crippen LogP contribution in [0.5, 0.6) is 0 Å². The fourth-order valence-corrected chi connectivity index (χ4v) is 3.44. The molecule has 0 aromatic heterocycles. The highest BCUT2D eigenvalue weighted by Gasteiger charge is 2.31. The zero-order valence-corrected chi connectivity index (χ0v) is 14.9. The molecule has 2 heterocycles. The van der Waals surface area contributed by atoms with Crippen LogP contribution in [0.25, 0.3) is 0 Å². The first-order chi connectivity index (χ1) is 12.0. The molecule has 3 rings (SSSR count). The van der Waals surface area contributed by atoms with Crippen LogP contribution in [0.1, 0.15) is 32.3 Å². The Kier molecular flexibility index (Phi) is 5.18. The quantitative estimate of drug-likeness (QED) is 0.834. The molecule has 0 spiro atoms. The summed E-state index contributed by atoms with van der Waals surface area (Å²) in [7, 11) is 0. The Hall–Kier alpha value is -2.21. The van der Waals surface area contributed by atoms with Gasteiger partial charge in [-0.3, -0.25) is 4.79 Å². The number of quaternary nitrogens is 1. The number of carbonyl (C=O) groups is 1. The molecule has 25 heavy (non-hydrogen) atoms. The lowest BCUT2D eigenvalue weighted by Gasteiger charge is -2.32. The third-order valence-electron chi connectivity index (χ3n) is 5.07. The Morgan fingerprint density at radius 3 is 2.72 bits per heavy atom. The highest BCUT2D eigenvalue weighted by Crippen LogP contribution is 2.24. The van der Waals surface area contributed by atoms with Crippen LogP contribution in [0.2, 0.25) is 0 Å². The molecule has 1 aromatic rings. The molecule has 1 fully saturated rings. The van der Waals surface area contributed by atoms with Crippen LogP contribution >= 0.6 is 0 Å². The molecule has 0 saturated carbocycles. The van der Waals surface area contributed by atoms with Crippen molar-refractivity contribution in [1.82, 2.24) is 10.2 Å². The molecule has 1 saturated heterocycles. The van der Waals surface area contributed by atoms with Gasteiger partial charge in [-0.15, -0.1) is 0 Å². The van der Waals surface area contributed by atoms with Gasteiger partial charge in [-0.1, -0.05) is 23.3 Å². The molecule has 1 atom stereocenters. The minimum Gasteiger partial charge on any atom is -0.376 e. The zero-order chi connectivity index (χ0) is 17.9. The number of hydrogen-bond acceptors (Lipinski definition) is 3. The second-order valence-corrected chi connectivity index (χ2v) is 6.81. The Bertz CT molecular complexity index is 694. The molecular formula is C19H26FN4O+. The molecule has 0 bridgehead atoms. The minimum atomic E-state index is -0.185. The molecule has 1 aromatic carbocycles. The lowest BCUT2D eigenvalue weighted by molar-refractivity contribution is -0.895. The van der Waals surface area contributed by atoms with E-state index in [2.05, 4.69) is 23.5 Å². The molecule has 2 aliphatic heterocycles. The van der Waals surface area contributed by atoms with Gasteiger partial charge < -0.3 is 10.2 Å². The topological polar surface area (TPSA) is 44.7 Å². The maximum atomic E-state index is 14.0. The van der Waals surface area contributed by atoms with Crippen LogP contribution in [0, 0.1) is 5.82 Å². The van der Waals surface area contributed by atoms with E-state index >= 15 is 0 Å². The molecule has 6 heteroatoms. The van der Waals surface area contributed by atoms with E-state index in [9.17, 15) is 9.18 Å². The van der Waals surface area contributed by atoms with Gasteiger partial charge in [-0.2, -0.15) is 4.59 Å². The van der Waals surface area contributed by atoms with E-state index in [1.807, 2.05) is 23.2 Å². The van der Waals surface area contributed by atoms with E-state index < -0.39 is 0 Å². The molecule has 1 amide bonds. The Balaban J connectivity index is 1.64. The molecule has 1 N–H and O–H groups in total. The van der Waals surface area contributed by atoms with Crippen LogP contribution < -0.4 is 5.32 Å². The van der Waals surface area contributed by atoms with Crippen molar-refractivity contribution < 1.29 is 13.8 Å². The molecule has 1 unspecified atom stereocenters. The number of allylic oxidation sites excluding steroid dienone is 1. The predicted octanol–water partition coefficient (Wildman–Crippen LogP) is 2.60. The van der Waals surface area contributed by atoms with E-state index in [0.29, 0.717) is 22.7 Å². The van der Waals surface area contributed by atoms with Gasteiger partial charge in [0.1, 0.15) is 37.0 Å². The average molecular weight is 345 g/mol. The summed E-state index contributed by atoms with van der Waals surface area (Å²) in [5, 5.41) is 8.17. The zero-order valence-electron chi connectivity index (χ0n) is 14.9. The summed E-state index contributed by atoms with van der Waals surface area (Å²) < 4.78 is 14.4. The number of halogens is 1. The number of rotatable bonds is 5. The summed E-state index contributed by atoms with van der Waals surface area (Å²) in [6.45, 7) is 6.53. The number of nitrogens with zero attached hydrogens (tertiary/aromatic N) is 3. The first-order valence-electron chi connectivity index (χ1n) is 8.92. The number of piperidine rings is 1. The summed E-state index contributed by atoms with van der Waals surface area (Å²) in [5.74, 6) is -0.0401. The van der Waals surface area contributed by atoms with E-state index in [1.165, 1.54) is 6.07 Å². The highest BCUT2D eigenvalue weighted by molar-refractivity contribution is 5.78. The SMILES string of the molecule is CC[N+]1(Cc2ccccc2F)C=C(NC2CCN(C(C)=O)CC2)C=N1. The average Bonchev–Trinajstić information content (AvgIpc) is 3.01. The maximum absolute atomic E-state index is 14.0. The summed E-state index contributed by atoms with van der Waals surface area (Å²) in [4.78, 5) is 13.3. The van der Waals surface area contributed by atoms with Gasteiger partial charge in [0.2, 0.25) is 5.91 Å². The standard InChI is InChI=1S/C19H26FN4O/c1-3-24(13-16-6-4-5-7-19(16)20)14-18(12-21-24)22-17-8-10-23(11-9-17)15(2)25/h4-7,12,14,17,22H,3,8-11,13H2,1-2H3/q+1. The van der Waals surface area contributed by atoms with Crippen LogP contribution in [0.3, 0.4) is 0 Å². The van der Waals surface area contributed by atoms with E-state index in [-0.39, 0.29) is 11.7 Å². The van der Waals surface area contributed by atoms with Gasteiger partial charge in [-0.05, 0) is 25.8 Å². The number of nitrogens with one attached hydrogen (secondary N) is 1. The monoisotopic (exact) mass is 345 g/mol. The fraction of sp³-hybridized carbons (Fsp3) is 0.474. The largest absolute Gasteiger partial charge is 0.376 e. The summed E-state index contributed by atoms with van der Waals surface area (Å²) in [6, 6.07) is 7.22. The minimum absolute atomic E-state index is 0.145. The van der Waals surface area contributed by atoms with E-state index in [4.69, 9.17) is 0 Å². The van der Waals surface area contributed by atoms with Gasteiger partial charge in [-0.25, -0.2) is 4.39 Å². The lowest BCUT2D eigenvalue weighted by Crippen LogP contribution is -2.44. The van der Waals surface area contributed by atoms with Gasteiger partial charge in [0, 0.05) is 31.6 Å². The third-order valence-corrected chi connectivity index (χ3v) is 5.07. The first kappa shape index (κ1) is 17.6. The van der Waals surface area contributed by atoms with Crippen LogP contribution in [0.15, 0.2) is 41.3 Å². The third kappa shape index (κ3) is 4.07. The molecule has 134 valence electrons. The van der Waals surface area contributed by atoms with Gasteiger partial charge in [0.25, 0.3) is 0 Å². The second-order valence-electron chi connectivity index (χ2n) is 6.81. The molecule has 2 aliphatic rings. The van der Waals surface area contributed by atoms with E-state index in [1.54, 1.807) is 13.0 Å². The van der Waals surface area contributed by atoms with Gasteiger partial charge >= 0.3 is 0 Å². The lowest BCUT2D eigenvalue weighted by atomic mass is 10.0. The molecule has 0 aliphatic carbocycles. The second kappa shape index (κ2) is 7.35. The van der Waals surface area contributed by atoms with Gasteiger partial charge in [0.15, 0.2) is 0 Å². The maximum Gasteiger partial charge on any atom is 0.219 e. The number of benzene rings is 1. The highest BCUT2D eigenvalue weighted by atomic mass is 19.1. The van der Waals surface area contributed by atoms with Crippen molar-refractivity contribution in [1.29, 1.82) is 0 Å². The number of hydrogen-bond donors (Lipinski definition) is 1. The van der Waals surface area contributed by atoms with Crippen molar-refractivity contribution in [3.8, 4) is 0 Å². The Labute approximate surface area is 148 Å². The van der Waals surface area contributed by atoms with Crippen molar-refractivity contribution in [3.05, 3.63) is 47.5 Å². The van der Waals surface area contributed by atoms with E-state index in [0.717, 1.165) is 38.2 Å². The van der Waals surface area contributed by atoms with Crippen molar-refractivity contribution in [3.63, 3.8) is 0 Å². The van der Waals surface area contributed by atoms with Gasteiger partial charge in [0.05, 0.1) is 0 Å². The summed E-state index contributed by atoms with van der Waals surface area (Å²) >= 11 is 0. The molecule has 5 nitrogen and oxygen atoms in total. The number of carbonyl (C=O) groups excluding carboxylic acids is 1. The Morgan fingerprint density at radius 2 is 2.08 bits per heavy atom. The Morgan fingerprint density at radius 1 is 1.36 bits per heavy atom. The smallest absolute Gasteiger partial charge is 0.219 e. The van der Waals surface area contributed by atoms with Crippen LogP contribution in [-0.2, 0) is 11.3 Å². The first-order valence-corrected chi connectivity index (χ1v) is 8.92. The fourth-order valence-electron chi connectivity index (χ4n) is 3.44. The van der Waals surface area contributed by atoms with Crippen molar-refractivity contribution in [2.75, 3.05) is 19.6 Å². The number of likely N-dealkylation sites (tertiary alicyclic amines) is 1. The number of amides is 1. The predicted molar refractivity (Wildman–Crippen MR) is 95.9 cm³/mol. The van der Waals surface area contributed by atoms with Crippen molar-refractivity contribution in [2.24, 2.45) is 5.10 Å². The van der Waals surface area contributed by atoms with Crippen LogP contribution in [-0.4, -0.2) is 47.3 Å².